The van der Waals surface area contributed by atoms with Gasteiger partial charge in [-0.3, -0.25) is 14.4 Å². The van der Waals surface area contributed by atoms with Gasteiger partial charge >= 0.3 is 0 Å². The summed E-state index contributed by atoms with van der Waals surface area (Å²) in [7, 11) is -4.02. The molecule has 0 spiro atoms. The summed E-state index contributed by atoms with van der Waals surface area (Å²) < 4.78 is 31.3. The van der Waals surface area contributed by atoms with Crippen LogP contribution in [0.3, 0.4) is 0 Å². The molecule has 0 radical (unpaired) electrons. The molecular weight excluding hydrogens is 460 g/mol. The Hall–Kier alpha value is -4.02. The third-order valence-electron chi connectivity index (χ3n) is 5.62. The Balaban J connectivity index is 1.23. The van der Waals surface area contributed by atoms with Crippen molar-refractivity contribution in [1.82, 2.24) is 4.31 Å². The lowest BCUT2D eigenvalue weighted by atomic mass is 10.1. The number of carbonyl (C=O) groups is 3. The highest BCUT2D eigenvalue weighted by Crippen LogP contribution is 2.31. The Morgan fingerprint density at radius 3 is 1.91 bits per heavy atom. The van der Waals surface area contributed by atoms with Crippen LogP contribution in [0.5, 0.6) is 5.75 Å². The van der Waals surface area contributed by atoms with E-state index in [4.69, 9.17) is 4.74 Å². The van der Waals surface area contributed by atoms with Gasteiger partial charge in [-0.05, 0) is 48.5 Å². The summed E-state index contributed by atoms with van der Waals surface area (Å²) in [4.78, 5) is 38.6. The zero-order valence-electron chi connectivity index (χ0n) is 17.6. The van der Waals surface area contributed by atoms with Crippen molar-refractivity contribution in [3.05, 3.63) is 89.5 Å². The van der Waals surface area contributed by atoms with Gasteiger partial charge in [0, 0.05) is 0 Å². The molecule has 0 aromatic heterocycles. The van der Waals surface area contributed by atoms with E-state index < -0.39 is 40.4 Å². The second-order valence-electron chi connectivity index (χ2n) is 7.79. The van der Waals surface area contributed by atoms with Gasteiger partial charge in [0.25, 0.3) is 27.7 Å². The molecule has 2 aliphatic rings. The van der Waals surface area contributed by atoms with Crippen LogP contribution in [0.1, 0.15) is 31.1 Å². The predicted molar refractivity (Wildman–Crippen MR) is 120 cm³/mol. The molecule has 5 rings (SSSR count). The lowest BCUT2D eigenvalue weighted by Gasteiger charge is -2.20. The molecule has 2 heterocycles. The van der Waals surface area contributed by atoms with E-state index in [2.05, 4.69) is 0 Å². The second-order valence-corrected chi connectivity index (χ2v) is 9.62. The van der Waals surface area contributed by atoms with Crippen LogP contribution in [0.4, 0.5) is 5.69 Å². The highest BCUT2D eigenvalue weighted by molar-refractivity contribution is 7.90. The number of aliphatic hydroxyl groups is 1. The molecule has 172 valence electrons. The van der Waals surface area contributed by atoms with Crippen LogP contribution in [0, 0.1) is 0 Å². The van der Waals surface area contributed by atoms with Crippen molar-refractivity contribution in [2.75, 3.05) is 18.1 Å². The fourth-order valence-electron chi connectivity index (χ4n) is 3.96. The first kappa shape index (κ1) is 21.8. The molecule has 0 saturated heterocycles. The molecule has 9 nitrogen and oxygen atoms in total. The summed E-state index contributed by atoms with van der Waals surface area (Å²) in [6.07, 6.45) is -1.27. The maximum absolute atomic E-state index is 12.6. The minimum Gasteiger partial charge on any atom is -0.491 e. The van der Waals surface area contributed by atoms with E-state index in [1.165, 1.54) is 42.5 Å². The van der Waals surface area contributed by atoms with Crippen LogP contribution in [-0.2, 0) is 10.0 Å². The maximum Gasteiger partial charge on any atom is 0.269 e. The Bertz CT molecular complexity index is 1400. The summed E-state index contributed by atoms with van der Waals surface area (Å²) in [6.45, 7) is -0.731. The number of nitrogens with zero attached hydrogens (tertiary/aromatic N) is 2. The molecular formula is C24H18N2O7S. The van der Waals surface area contributed by atoms with Crippen molar-refractivity contribution in [3.8, 4) is 5.75 Å². The standard InChI is InChI=1S/C24H18N2O7S/c27-16(13-25-22(28)20-7-3-4-8-21(20)34(25,31)32)14-33-17-11-9-15(10-12-17)26-23(29)18-5-1-2-6-19(18)24(26)30/h1-12,16,27H,13-14H2. The van der Waals surface area contributed by atoms with Crippen LogP contribution in [0.2, 0.25) is 0 Å². The van der Waals surface area contributed by atoms with E-state index >= 15 is 0 Å². The van der Waals surface area contributed by atoms with E-state index in [1.54, 1.807) is 30.3 Å². The molecule has 10 heteroatoms. The number of hydrogen-bond donors (Lipinski definition) is 1. The smallest absolute Gasteiger partial charge is 0.269 e. The van der Waals surface area contributed by atoms with Crippen molar-refractivity contribution < 1.29 is 32.6 Å². The largest absolute Gasteiger partial charge is 0.491 e. The minimum atomic E-state index is -4.02. The fraction of sp³-hybridized carbons (Fsp3) is 0.125. The highest BCUT2D eigenvalue weighted by atomic mass is 32.2. The number of rotatable bonds is 6. The second kappa shape index (κ2) is 8.08. The van der Waals surface area contributed by atoms with Crippen LogP contribution in [0.25, 0.3) is 0 Å². The molecule has 1 atom stereocenters. The fourth-order valence-corrected chi connectivity index (χ4v) is 5.57. The molecule has 1 N–H and O–H groups in total. The molecule has 3 aromatic carbocycles. The number of benzene rings is 3. The first-order chi connectivity index (χ1) is 16.3. The number of carbonyl (C=O) groups excluding carboxylic acids is 3. The maximum atomic E-state index is 12.6. The summed E-state index contributed by atoms with van der Waals surface area (Å²) >= 11 is 0. The van der Waals surface area contributed by atoms with Gasteiger partial charge in [0.1, 0.15) is 23.4 Å². The van der Waals surface area contributed by atoms with Crippen LogP contribution in [-0.4, -0.2) is 54.8 Å². The van der Waals surface area contributed by atoms with Gasteiger partial charge in [-0.25, -0.2) is 17.6 Å². The van der Waals surface area contributed by atoms with Crippen molar-refractivity contribution in [2.45, 2.75) is 11.0 Å². The van der Waals surface area contributed by atoms with Gasteiger partial charge < -0.3 is 9.84 Å². The predicted octanol–water partition coefficient (Wildman–Crippen LogP) is 2.07. The van der Waals surface area contributed by atoms with Gasteiger partial charge in [0.2, 0.25) is 0 Å². The molecule has 1 unspecified atom stereocenters. The normalized spacial score (nSPS) is 17.0. The van der Waals surface area contributed by atoms with E-state index in [-0.39, 0.29) is 17.1 Å². The van der Waals surface area contributed by atoms with Gasteiger partial charge in [0.15, 0.2) is 0 Å². The van der Waals surface area contributed by atoms with Crippen molar-refractivity contribution >= 4 is 33.4 Å². The molecule has 3 amide bonds. The van der Waals surface area contributed by atoms with E-state index in [1.807, 2.05) is 0 Å². The molecule has 0 fully saturated rings. The van der Waals surface area contributed by atoms with Crippen molar-refractivity contribution in [1.29, 1.82) is 0 Å². The number of imide groups is 1. The third kappa shape index (κ3) is 3.44. The monoisotopic (exact) mass is 478 g/mol. The molecule has 0 saturated carbocycles. The number of sulfonamides is 1. The first-order valence-corrected chi connectivity index (χ1v) is 11.8. The van der Waals surface area contributed by atoms with Gasteiger partial charge in [-0.15, -0.1) is 0 Å². The summed E-state index contributed by atoms with van der Waals surface area (Å²) in [5.41, 5.74) is 1.11. The third-order valence-corrected chi connectivity index (χ3v) is 7.43. The minimum absolute atomic E-state index is 0.0689. The number of aliphatic hydroxyl groups excluding tert-OH is 1. The Morgan fingerprint density at radius 2 is 1.32 bits per heavy atom. The zero-order chi connectivity index (χ0) is 24.0. The zero-order valence-corrected chi connectivity index (χ0v) is 18.4. The van der Waals surface area contributed by atoms with Crippen LogP contribution < -0.4 is 9.64 Å². The lowest BCUT2D eigenvalue weighted by Crippen LogP contribution is -2.39. The number of fused-ring (bicyclic) bond motifs is 2. The molecule has 3 aromatic rings. The van der Waals surface area contributed by atoms with E-state index in [0.717, 1.165) is 4.90 Å². The quantitative estimate of drug-likeness (QED) is 0.539. The average Bonchev–Trinajstić information content (AvgIpc) is 3.21. The molecule has 0 aliphatic carbocycles. The Morgan fingerprint density at radius 1 is 0.765 bits per heavy atom. The van der Waals surface area contributed by atoms with Crippen molar-refractivity contribution in [2.24, 2.45) is 0 Å². The highest BCUT2D eigenvalue weighted by Gasteiger charge is 2.41. The number of hydrogen-bond acceptors (Lipinski definition) is 7. The number of amides is 3. The molecule has 34 heavy (non-hydrogen) atoms. The Kier molecular flexibility index (Phi) is 5.18. The van der Waals surface area contributed by atoms with E-state index in [9.17, 15) is 27.9 Å². The van der Waals surface area contributed by atoms with E-state index in [0.29, 0.717) is 26.9 Å². The summed E-state index contributed by atoms with van der Waals surface area (Å²) in [5.74, 6) is -1.19. The topological polar surface area (TPSA) is 121 Å². The SMILES string of the molecule is O=C1c2ccccc2C(=O)N1c1ccc(OCC(O)CN2C(=O)c3ccccc3S2(=O)=O)cc1. The first-order valence-electron chi connectivity index (χ1n) is 10.3. The van der Waals surface area contributed by atoms with Crippen LogP contribution in [0.15, 0.2) is 77.7 Å². The number of anilines is 1. The molecule has 0 bridgehead atoms. The average molecular weight is 478 g/mol. The summed E-state index contributed by atoms with van der Waals surface area (Å²) in [6, 6.07) is 18.6. The van der Waals surface area contributed by atoms with Gasteiger partial charge in [-0.1, -0.05) is 24.3 Å². The molecule has 2 aliphatic heterocycles. The lowest BCUT2D eigenvalue weighted by molar-refractivity contribution is 0.0687. The van der Waals surface area contributed by atoms with Gasteiger partial charge in [0.05, 0.1) is 28.9 Å². The number of ether oxygens (including phenoxy) is 1. The Labute approximate surface area is 194 Å². The number of β-amino-alcohol motifs (C(OH)–C–C–N with tert-alkyl or cyclic N) is 1. The van der Waals surface area contributed by atoms with Crippen LogP contribution >= 0.6 is 0 Å². The van der Waals surface area contributed by atoms with Crippen molar-refractivity contribution in [3.63, 3.8) is 0 Å². The summed E-state index contributed by atoms with van der Waals surface area (Å²) in [5, 5.41) is 10.3. The van der Waals surface area contributed by atoms with Gasteiger partial charge in [-0.2, -0.15) is 0 Å².